The second-order valence-electron chi connectivity index (χ2n) is 10.7. The third-order valence-electron chi connectivity index (χ3n) is 5.29. The maximum absolute atomic E-state index is 12.9. The summed E-state index contributed by atoms with van der Waals surface area (Å²) in [5.74, 6) is 2.75. The first-order valence-corrected chi connectivity index (χ1v) is 11.7. The van der Waals surface area contributed by atoms with Crippen molar-refractivity contribution in [2.75, 3.05) is 46.9 Å². The SMILES string of the molecule is Cc1ccc(C(C)C)c(OCCCC[N+](C)(C)CC(=O)N(CC(C)C)CC(C)C)c1.[Br-]. The van der Waals surface area contributed by atoms with Gasteiger partial charge < -0.3 is 31.1 Å². The number of carbonyl (C=O) groups excluding carboxylic acids is 1. The molecular weight excluding hydrogens is 452 g/mol. The van der Waals surface area contributed by atoms with E-state index < -0.39 is 0 Å². The number of ether oxygens (including phenoxy) is 1. The van der Waals surface area contributed by atoms with Gasteiger partial charge in [0.05, 0.1) is 27.2 Å². The maximum atomic E-state index is 12.9. The number of rotatable bonds is 13. The van der Waals surface area contributed by atoms with Crippen molar-refractivity contribution in [1.29, 1.82) is 0 Å². The highest BCUT2D eigenvalue weighted by atomic mass is 79.9. The summed E-state index contributed by atoms with van der Waals surface area (Å²) in [6.07, 6.45) is 2.06. The molecule has 4 nitrogen and oxygen atoms in total. The second kappa shape index (κ2) is 14.2. The molecule has 0 heterocycles. The van der Waals surface area contributed by atoms with Crippen molar-refractivity contribution in [3.63, 3.8) is 0 Å². The van der Waals surface area contributed by atoms with Crippen LogP contribution in [-0.4, -0.2) is 62.2 Å². The quantitative estimate of drug-likeness (QED) is 0.308. The molecule has 0 radical (unpaired) electrons. The molecule has 0 saturated heterocycles. The predicted molar refractivity (Wildman–Crippen MR) is 128 cm³/mol. The summed E-state index contributed by atoms with van der Waals surface area (Å²) in [7, 11) is 4.33. The van der Waals surface area contributed by atoms with Crippen molar-refractivity contribution in [1.82, 2.24) is 4.90 Å². The topological polar surface area (TPSA) is 29.5 Å². The van der Waals surface area contributed by atoms with E-state index in [1.165, 1.54) is 11.1 Å². The van der Waals surface area contributed by atoms with Crippen molar-refractivity contribution in [3.05, 3.63) is 29.3 Å². The second-order valence-corrected chi connectivity index (χ2v) is 10.7. The molecule has 0 aliphatic carbocycles. The van der Waals surface area contributed by atoms with E-state index in [1.54, 1.807) is 0 Å². The van der Waals surface area contributed by atoms with Crippen LogP contribution in [0.25, 0.3) is 0 Å². The first kappa shape index (κ1) is 29.9. The average Bonchev–Trinajstić information content (AvgIpc) is 2.59. The van der Waals surface area contributed by atoms with Gasteiger partial charge in [-0.1, -0.05) is 53.7 Å². The van der Waals surface area contributed by atoms with Gasteiger partial charge in [0.1, 0.15) is 5.75 Å². The normalized spacial score (nSPS) is 11.7. The molecule has 1 aromatic carbocycles. The molecule has 180 valence electrons. The van der Waals surface area contributed by atoms with Gasteiger partial charge in [0, 0.05) is 13.1 Å². The van der Waals surface area contributed by atoms with Crippen molar-refractivity contribution in [2.45, 2.75) is 67.2 Å². The van der Waals surface area contributed by atoms with E-state index in [2.05, 4.69) is 85.7 Å². The smallest absolute Gasteiger partial charge is 0.277 e. The Bertz CT molecular complexity index is 647. The number of amides is 1. The largest absolute Gasteiger partial charge is 1.00 e. The lowest BCUT2D eigenvalue weighted by molar-refractivity contribution is -0.883. The summed E-state index contributed by atoms with van der Waals surface area (Å²) < 4.78 is 6.85. The first-order valence-electron chi connectivity index (χ1n) is 11.7. The van der Waals surface area contributed by atoms with Crippen LogP contribution in [0.4, 0.5) is 0 Å². The van der Waals surface area contributed by atoms with Crippen molar-refractivity contribution in [3.8, 4) is 5.75 Å². The number of halogens is 1. The molecule has 0 aromatic heterocycles. The van der Waals surface area contributed by atoms with E-state index in [-0.39, 0.29) is 22.9 Å². The Morgan fingerprint density at radius 1 is 1.00 bits per heavy atom. The Balaban J connectivity index is 0.00000900. The van der Waals surface area contributed by atoms with Crippen LogP contribution in [0.5, 0.6) is 5.75 Å². The first-order chi connectivity index (χ1) is 13.9. The Morgan fingerprint density at radius 2 is 1.58 bits per heavy atom. The Morgan fingerprint density at radius 3 is 2.10 bits per heavy atom. The number of unbranched alkanes of at least 4 members (excludes halogenated alkanes) is 1. The molecule has 1 rings (SSSR count). The molecule has 31 heavy (non-hydrogen) atoms. The highest BCUT2D eigenvalue weighted by Crippen LogP contribution is 2.27. The molecule has 0 fully saturated rings. The van der Waals surface area contributed by atoms with E-state index in [0.717, 1.165) is 49.3 Å². The molecule has 0 saturated carbocycles. The van der Waals surface area contributed by atoms with Gasteiger partial charge in [-0.25, -0.2) is 0 Å². The zero-order valence-corrected chi connectivity index (χ0v) is 23.1. The lowest BCUT2D eigenvalue weighted by Gasteiger charge is -2.33. The lowest BCUT2D eigenvalue weighted by atomic mass is 10.0. The zero-order valence-electron chi connectivity index (χ0n) is 21.5. The van der Waals surface area contributed by atoms with Crippen molar-refractivity contribution < 1.29 is 31.0 Å². The van der Waals surface area contributed by atoms with Gasteiger partial charge in [-0.05, 0) is 54.7 Å². The minimum atomic E-state index is 0. The van der Waals surface area contributed by atoms with Crippen LogP contribution < -0.4 is 21.7 Å². The summed E-state index contributed by atoms with van der Waals surface area (Å²) in [6, 6.07) is 6.48. The van der Waals surface area contributed by atoms with Crippen LogP contribution in [0.3, 0.4) is 0 Å². The minimum absolute atomic E-state index is 0. The van der Waals surface area contributed by atoms with Crippen LogP contribution >= 0.6 is 0 Å². The maximum Gasteiger partial charge on any atom is 0.277 e. The Hall–Kier alpha value is -1.07. The van der Waals surface area contributed by atoms with Crippen LogP contribution in [0, 0.1) is 18.8 Å². The number of carbonyl (C=O) groups is 1. The molecule has 5 heteroatoms. The molecule has 0 aliphatic heterocycles. The molecule has 0 atom stereocenters. The zero-order chi connectivity index (χ0) is 22.9. The van der Waals surface area contributed by atoms with Crippen LogP contribution in [0.1, 0.15) is 71.4 Å². The monoisotopic (exact) mass is 498 g/mol. The van der Waals surface area contributed by atoms with Gasteiger partial charge >= 0.3 is 0 Å². The average molecular weight is 500 g/mol. The number of benzene rings is 1. The van der Waals surface area contributed by atoms with E-state index >= 15 is 0 Å². The van der Waals surface area contributed by atoms with Gasteiger partial charge in [-0.2, -0.15) is 0 Å². The predicted octanol–water partition coefficient (Wildman–Crippen LogP) is 2.50. The number of quaternary nitrogens is 1. The van der Waals surface area contributed by atoms with Crippen molar-refractivity contribution in [2.24, 2.45) is 11.8 Å². The summed E-state index contributed by atoms with van der Waals surface area (Å²) in [5.41, 5.74) is 2.51. The molecule has 0 spiro atoms. The van der Waals surface area contributed by atoms with Gasteiger partial charge in [0.2, 0.25) is 0 Å². The van der Waals surface area contributed by atoms with E-state index in [9.17, 15) is 4.79 Å². The molecule has 0 N–H and O–H groups in total. The standard InChI is InChI=1S/C26H47N2O2.BrH/c1-20(2)17-27(18-21(3)4)26(29)19-28(8,9)14-10-11-15-30-25-16-23(7)12-13-24(25)22(5)6;/h12-13,16,20-22H,10-11,14-15,17-19H2,1-9H3;1H/q+1;/p-1. The Kier molecular flexibility index (Phi) is 13.7. The lowest BCUT2D eigenvalue weighted by Crippen LogP contribution is -3.00. The minimum Gasteiger partial charge on any atom is -1.00 e. The summed E-state index contributed by atoms with van der Waals surface area (Å²) in [5, 5.41) is 0. The number of hydrogen-bond donors (Lipinski definition) is 0. The van der Waals surface area contributed by atoms with Gasteiger partial charge in [0.25, 0.3) is 5.91 Å². The highest BCUT2D eigenvalue weighted by Gasteiger charge is 2.25. The fraction of sp³-hybridized carbons (Fsp3) is 0.731. The highest BCUT2D eigenvalue weighted by molar-refractivity contribution is 5.77. The number of aryl methyl sites for hydroxylation is 1. The van der Waals surface area contributed by atoms with E-state index in [1.807, 2.05) is 0 Å². The van der Waals surface area contributed by atoms with Crippen LogP contribution in [0.15, 0.2) is 18.2 Å². The summed E-state index contributed by atoms with van der Waals surface area (Å²) in [4.78, 5) is 15.0. The fourth-order valence-corrected chi connectivity index (χ4v) is 3.77. The van der Waals surface area contributed by atoms with Crippen molar-refractivity contribution >= 4 is 5.91 Å². The van der Waals surface area contributed by atoms with Gasteiger partial charge in [-0.3, -0.25) is 4.79 Å². The van der Waals surface area contributed by atoms with Crippen LogP contribution in [-0.2, 0) is 4.79 Å². The molecule has 1 aromatic rings. The number of nitrogens with zero attached hydrogens (tertiary/aromatic N) is 2. The fourth-order valence-electron chi connectivity index (χ4n) is 3.77. The van der Waals surface area contributed by atoms with Gasteiger partial charge in [-0.15, -0.1) is 0 Å². The van der Waals surface area contributed by atoms with E-state index in [4.69, 9.17) is 4.74 Å². The molecular formula is C26H47BrN2O2. The molecule has 1 amide bonds. The third-order valence-corrected chi connectivity index (χ3v) is 5.29. The number of hydrogen-bond acceptors (Lipinski definition) is 2. The van der Waals surface area contributed by atoms with E-state index in [0.29, 0.717) is 24.3 Å². The summed E-state index contributed by atoms with van der Waals surface area (Å²) in [6.45, 7) is 19.2. The molecule has 0 aliphatic rings. The van der Waals surface area contributed by atoms with Gasteiger partial charge in [0.15, 0.2) is 6.54 Å². The molecule has 0 unspecified atom stereocenters. The number of likely N-dealkylation sites (N-methyl/N-ethyl adjacent to an activating group) is 1. The molecule has 0 bridgehead atoms. The summed E-state index contributed by atoms with van der Waals surface area (Å²) >= 11 is 0. The Labute approximate surface area is 202 Å². The van der Waals surface area contributed by atoms with Crippen LogP contribution in [0.2, 0.25) is 0 Å². The third kappa shape index (κ3) is 11.9.